The first-order valence-corrected chi connectivity index (χ1v) is 12.9. The van der Waals surface area contributed by atoms with Crippen molar-refractivity contribution in [3.05, 3.63) is 102 Å². The smallest absolute Gasteiger partial charge is 0.270 e. The molecule has 3 aromatic carbocycles. The molecule has 0 aliphatic rings. The van der Waals surface area contributed by atoms with Gasteiger partial charge in [0, 0.05) is 35.6 Å². The number of anilines is 2. The van der Waals surface area contributed by atoms with Crippen molar-refractivity contribution in [3.8, 4) is 22.9 Å². The molecule has 2 heterocycles. The third-order valence-corrected chi connectivity index (χ3v) is 7.83. The summed E-state index contributed by atoms with van der Waals surface area (Å²) in [6.07, 6.45) is 5.82. The minimum Gasteiger partial charge on any atom is -0.495 e. The van der Waals surface area contributed by atoms with Crippen LogP contribution in [0.15, 0.2) is 90.5 Å². The largest absolute Gasteiger partial charge is 0.495 e. The molecule has 2 aromatic heterocycles. The Hall–Kier alpha value is -4.59. The van der Waals surface area contributed by atoms with Crippen LogP contribution in [0.2, 0.25) is 5.02 Å². The summed E-state index contributed by atoms with van der Waals surface area (Å²) in [7, 11) is -2.92. The molecule has 0 spiro atoms. The molecule has 0 saturated carbocycles. The Bertz CT molecular complexity index is 1830. The molecule has 0 atom stereocenters. The monoisotopic (exact) mass is 545 g/mol. The maximum Gasteiger partial charge on any atom is 0.270 e. The normalized spacial score (nSPS) is 11.2. The van der Waals surface area contributed by atoms with Crippen LogP contribution in [0.3, 0.4) is 0 Å². The Kier molecular flexibility index (Phi) is 6.63. The molecule has 0 fully saturated rings. The highest BCUT2D eigenvalue weighted by Crippen LogP contribution is 2.42. The number of pyridine rings is 1. The summed E-state index contributed by atoms with van der Waals surface area (Å²) in [6.45, 7) is 0. The number of aromatic nitrogens is 3. The zero-order valence-electron chi connectivity index (χ0n) is 19.7. The molecule has 5 rings (SSSR count). The van der Waals surface area contributed by atoms with Gasteiger partial charge in [0.1, 0.15) is 23.6 Å². The number of nitriles is 1. The van der Waals surface area contributed by atoms with Crippen molar-refractivity contribution in [2.75, 3.05) is 11.4 Å². The van der Waals surface area contributed by atoms with Crippen molar-refractivity contribution in [3.63, 3.8) is 0 Å². The summed E-state index contributed by atoms with van der Waals surface area (Å²) >= 11 is 5.83. The SMILES string of the molecule is COc1cc(-c2ccc(Cl)c(F)c2)c(C#N)cc1N(c1ccncn1)S(=O)(=O)c1ccc2cnccc2c1. The van der Waals surface area contributed by atoms with E-state index >= 15 is 0 Å². The van der Waals surface area contributed by atoms with Gasteiger partial charge in [-0.1, -0.05) is 23.7 Å². The van der Waals surface area contributed by atoms with Crippen LogP contribution in [0.4, 0.5) is 15.9 Å². The Morgan fingerprint density at radius 3 is 2.53 bits per heavy atom. The molecule has 0 N–H and O–H groups in total. The van der Waals surface area contributed by atoms with E-state index in [1.165, 1.54) is 62.1 Å². The molecular formula is C27H17ClFN5O3S. The summed E-state index contributed by atoms with van der Waals surface area (Å²) in [5.41, 5.74) is 0.826. The first kappa shape index (κ1) is 25.1. The van der Waals surface area contributed by atoms with Gasteiger partial charge in [0.05, 0.1) is 28.7 Å². The van der Waals surface area contributed by atoms with Crippen LogP contribution in [0, 0.1) is 17.1 Å². The Morgan fingerprint density at radius 2 is 1.82 bits per heavy atom. The Labute approximate surface area is 222 Å². The lowest BCUT2D eigenvalue weighted by atomic mass is 9.99. The average molecular weight is 546 g/mol. The van der Waals surface area contributed by atoms with Gasteiger partial charge in [-0.25, -0.2) is 27.1 Å². The van der Waals surface area contributed by atoms with Crippen LogP contribution in [0.5, 0.6) is 5.75 Å². The van der Waals surface area contributed by atoms with Gasteiger partial charge in [-0.15, -0.1) is 0 Å². The topological polar surface area (TPSA) is 109 Å². The summed E-state index contributed by atoms with van der Waals surface area (Å²) < 4.78 is 49.0. The molecule has 5 aromatic rings. The quantitative estimate of drug-likeness (QED) is 0.261. The molecule has 8 nitrogen and oxygen atoms in total. The number of ether oxygens (including phenoxy) is 1. The average Bonchev–Trinajstić information content (AvgIpc) is 2.94. The van der Waals surface area contributed by atoms with E-state index in [-0.39, 0.29) is 32.7 Å². The summed E-state index contributed by atoms with van der Waals surface area (Å²) in [5.74, 6) is -0.517. The standard InChI is InChI=1S/C27H17ClFN5O3S/c1-37-26-13-22(18-3-5-23(28)24(29)11-18)20(14-30)12-25(26)34(27-7-9-32-16-33-27)38(35,36)21-4-2-19-15-31-8-6-17(19)10-21/h2-13,15-16H,1H3. The van der Waals surface area contributed by atoms with E-state index in [2.05, 4.69) is 21.0 Å². The van der Waals surface area contributed by atoms with Gasteiger partial charge in [0.25, 0.3) is 10.0 Å². The number of benzene rings is 3. The number of hydrogen-bond acceptors (Lipinski definition) is 7. The molecule has 0 aliphatic carbocycles. The summed E-state index contributed by atoms with van der Waals surface area (Å²) in [4.78, 5) is 12.1. The lowest BCUT2D eigenvalue weighted by Gasteiger charge is -2.26. The fourth-order valence-corrected chi connectivity index (χ4v) is 5.59. The highest BCUT2D eigenvalue weighted by atomic mass is 35.5. The van der Waals surface area contributed by atoms with Crippen LogP contribution in [0.25, 0.3) is 21.9 Å². The first-order chi connectivity index (χ1) is 18.3. The number of halogens is 2. The van der Waals surface area contributed by atoms with Crippen molar-refractivity contribution in [2.45, 2.75) is 4.90 Å². The van der Waals surface area contributed by atoms with Crippen LogP contribution < -0.4 is 9.04 Å². The molecule has 11 heteroatoms. The van der Waals surface area contributed by atoms with E-state index < -0.39 is 15.8 Å². The van der Waals surface area contributed by atoms with Crippen LogP contribution in [-0.2, 0) is 10.0 Å². The van der Waals surface area contributed by atoms with Crippen LogP contribution in [0.1, 0.15) is 5.56 Å². The molecule has 0 amide bonds. The zero-order chi connectivity index (χ0) is 26.9. The minimum atomic E-state index is -4.29. The van der Waals surface area contributed by atoms with E-state index in [0.717, 1.165) is 9.69 Å². The van der Waals surface area contributed by atoms with Gasteiger partial charge >= 0.3 is 0 Å². The van der Waals surface area contributed by atoms with Gasteiger partial charge < -0.3 is 4.74 Å². The maximum atomic E-state index is 14.2. The zero-order valence-corrected chi connectivity index (χ0v) is 21.3. The summed E-state index contributed by atoms with van der Waals surface area (Å²) in [5, 5.41) is 11.3. The fraction of sp³-hybridized carbons (Fsp3) is 0.0370. The van der Waals surface area contributed by atoms with Gasteiger partial charge in [0.2, 0.25) is 0 Å². The van der Waals surface area contributed by atoms with E-state index in [0.29, 0.717) is 16.5 Å². The highest BCUT2D eigenvalue weighted by molar-refractivity contribution is 7.93. The number of hydrogen-bond donors (Lipinski definition) is 0. The molecule has 0 unspecified atom stereocenters. The van der Waals surface area contributed by atoms with Gasteiger partial charge in [-0.05, 0) is 53.4 Å². The lowest BCUT2D eigenvalue weighted by Crippen LogP contribution is -2.27. The third-order valence-electron chi connectivity index (χ3n) is 5.81. The fourth-order valence-electron chi connectivity index (χ4n) is 3.99. The molecule has 38 heavy (non-hydrogen) atoms. The summed E-state index contributed by atoms with van der Waals surface area (Å²) in [6, 6.07) is 16.8. The van der Waals surface area contributed by atoms with Crippen molar-refractivity contribution in [1.29, 1.82) is 5.26 Å². The highest BCUT2D eigenvalue weighted by Gasteiger charge is 2.31. The van der Waals surface area contributed by atoms with E-state index in [9.17, 15) is 18.1 Å². The second-order valence-electron chi connectivity index (χ2n) is 8.03. The van der Waals surface area contributed by atoms with Crippen molar-refractivity contribution < 1.29 is 17.5 Å². The molecular weight excluding hydrogens is 529 g/mol. The Balaban J connectivity index is 1.75. The maximum absolute atomic E-state index is 14.2. The number of nitrogens with zero attached hydrogens (tertiary/aromatic N) is 5. The predicted molar refractivity (Wildman–Crippen MR) is 141 cm³/mol. The molecule has 0 bridgehead atoms. The van der Waals surface area contributed by atoms with Crippen molar-refractivity contribution in [1.82, 2.24) is 15.0 Å². The van der Waals surface area contributed by atoms with Crippen molar-refractivity contribution >= 4 is 43.9 Å². The molecule has 0 aliphatic heterocycles. The number of methoxy groups -OCH3 is 1. The Morgan fingerprint density at radius 1 is 1.00 bits per heavy atom. The number of fused-ring (bicyclic) bond motifs is 1. The van der Waals surface area contributed by atoms with Gasteiger partial charge in [-0.3, -0.25) is 4.98 Å². The second kappa shape index (κ2) is 10.0. The predicted octanol–water partition coefficient (Wildman–Crippen LogP) is 5.89. The van der Waals surface area contributed by atoms with Gasteiger partial charge in [-0.2, -0.15) is 5.26 Å². The molecule has 0 saturated heterocycles. The minimum absolute atomic E-state index is 0.0146. The number of sulfonamides is 1. The third kappa shape index (κ3) is 4.49. The first-order valence-electron chi connectivity index (χ1n) is 11.1. The van der Waals surface area contributed by atoms with Crippen molar-refractivity contribution in [2.24, 2.45) is 0 Å². The molecule has 0 radical (unpaired) electrons. The van der Waals surface area contributed by atoms with Crippen LogP contribution in [-0.4, -0.2) is 30.5 Å². The van der Waals surface area contributed by atoms with Gasteiger partial charge in [0.15, 0.2) is 5.82 Å². The molecule has 188 valence electrons. The van der Waals surface area contributed by atoms with Crippen LogP contribution >= 0.6 is 11.6 Å². The number of rotatable bonds is 6. The second-order valence-corrected chi connectivity index (χ2v) is 10.2. The van der Waals surface area contributed by atoms with E-state index in [1.807, 2.05) is 0 Å². The lowest BCUT2D eigenvalue weighted by molar-refractivity contribution is 0.416. The van der Waals surface area contributed by atoms with E-state index in [4.69, 9.17) is 16.3 Å². The van der Waals surface area contributed by atoms with E-state index in [1.54, 1.807) is 30.6 Å².